The molecule has 2 atom stereocenters. The first-order valence-corrected chi connectivity index (χ1v) is 4.80. The Balaban J connectivity index is 2.24. The maximum absolute atomic E-state index is 4.45. The minimum Gasteiger partial charge on any atom is -0.314 e. The van der Waals surface area contributed by atoms with Gasteiger partial charge in [0.1, 0.15) is 5.82 Å². The first-order valence-electron chi connectivity index (χ1n) is 4.80. The molecule has 3 heteroatoms. The van der Waals surface area contributed by atoms with Gasteiger partial charge in [-0.15, -0.1) is 0 Å². The highest BCUT2D eigenvalue weighted by Gasteiger charge is 2.25. The van der Waals surface area contributed by atoms with Gasteiger partial charge in [0.2, 0.25) is 0 Å². The maximum atomic E-state index is 4.45. The highest BCUT2D eigenvalue weighted by atomic mass is 15.0. The Kier molecular flexibility index (Phi) is 2.27. The van der Waals surface area contributed by atoms with Crippen LogP contribution in [0.4, 0.5) is 0 Å². The van der Waals surface area contributed by atoms with Crippen LogP contribution >= 0.6 is 0 Å². The van der Waals surface area contributed by atoms with Gasteiger partial charge in [0.05, 0.1) is 0 Å². The van der Waals surface area contributed by atoms with E-state index >= 15 is 0 Å². The SMILES string of the molecule is Cc1nccc(C2CCNC2C)n1. The molecule has 1 aromatic heterocycles. The summed E-state index contributed by atoms with van der Waals surface area (Å²) in [6.45, 7) is 5.26. The Morgan fingerprint density at radius 3 is 3.00 bits per heavy atom. The molecule has 0 radical (unpaired) electrons. The summed E-state index contributed by atoms with van der Waals surface area (Å²) in [5.74, 6) is 1.44. The highest BCUT2D eigenvalue weighted by Crippen LogP contribution is 2.25. The molecule has 0 aromatic carbocycles. The summed E-state index contributed by atoms with van der Waals surface area (Å²) < 4.78 is 0. The molecule has 1 fully saturated rings. The molecule has 1 aliphatic rings. The molecule has 0 aliphatic carbocycles. The minimum absolute atomic E-state index is 0.550. The first kappa shape index (κ1) is 8.63. The molecule has 1 aliphatic heterocycles. The van der Waals surface area contributed by atoms with Crippen molar-refractivity contribution in [1.29, 1.82) is 0 Å². The van der Waals surface area contributed by atoms with Crippen LogP contribution in [0.3, 0.4) is 0 Å². The zero-order valence-electron chi connectivity index (χ0n) is 8.12. The van der Waals surface area contributed by atoms with Crippen LogP contribution in [0.2, 0.25) is 0 Å². The van der Waals surface area contributed by atoms with Crippen molar-refractivity contribution in [1.82, 2.24) is 15.3 Å². The van der Waals surface area contributed by atoms with Crippen LogP contribution in [0.25, 0.3) is 0 Å². The zero-order chi connectivity index (χ0) is 9.26. The van der Waals surface area contributed by atoms with E-state index in [-0.39, 0.29) is 0 Å². The maximum Gasteiger partial charge on any atom is 0.125 e. The van der Waals surface area contributed by atoms with Crippen LogP contribution < -0.4 is 5.32 Å². The minimum atomic E-state index is 0.550. The first-order chi connectivity index (χ1) is 6.27. The summed E-state index contributed by atoms with van der Waals surface area (Å²) in [4.78, 5) is 8.56. The Bertz CT molecular complexity index is 298. The molecule has 3 nitrogen and oxygen atoms in total. The van der Waals surface area contributed by atoms with Crippen molar-refractivity contribution in [2.24, 2.45) is 0 Å². The van der Waals surface area contributed by atoms with Crippen molar-refractivity contribution in [3.05, 3.63) is 23.8 Å². The van der Waals surface area contributed by atoms with E-state index in [1.807, 2.05) is 19.2 Å². The fourth-order valence-corrected chi connectivity index (χ4v) is 1.94. The van der Waals surface area contributed by atoms with Crippen LogP contribution in [-0.2, 0) is 0 Å². The van der Waals surface area contributed by atoms with Crippen molar-refractivity contribution in [2.75, 3.05) is 6.54 Å². The van der Waals surface area contributed by atoms with Gasteiger partial charge in [0.25, 0.3) is 0 Å². The average molecular weight is 177 g/mol. The fourth-order valence-electron chi connectivity index (χ4n) is 1.94. The predicted octanol–water partition coefficient (Wildman–Crippen LogP) is 1.25. The lowest BCUT2D eigenvalue weighted by Crippen LogP contribution is -2.22. The van der Waals surface area contributed by atoms with E-state index in [4.69, 9.17) is 0 Å². The number of nitrogens with one attached hydrogen (secondary N) is 1. The van der Waals surface area contributed by atoms with Gasteiger partial charge >= 0.3 is 0 Å². The number of nitrogens with zero attached hydrogens (tertiary/aromatic N) is 2. The molecule has 2 unspecified atom stereocenters. The van der Waals surface area contributed by atoms with Crippen LogP contribution in [0.15, 0.2) is 12.3 Å². The van der Waals surface area contributed by atoms with Crippen LogP contribution in [-0.4, -0.2) is 22.6 Å². The van der Waals surface area contributed by atoms with Crippen LogP contribution in [0.1, 0.15) is 30.8 Å². The second-order valence-electron chi connectivity index (χ2n) is 3.67. The Hall–Kier alpha value is -0.960. The second-order valence-corrected chi connectivity index (χ2v) is 3.67. The van der Waals surface area contributed by atoms with E-state index < -0.39 is 0 Å². The number of hydrogen-bond acceptors (Lipinski definition) is 3. The van der Waals surface area contributed by atoms with Crippen LogP contribution in [0, 0.1) is 6.92 Å². The number of aromatic nitrogens is 2. The van der Waals surface area contributed by atoms with Gasteiger partial charge in [-0.3, -0.25) is 0 Å². The normalized spacial score (nSPS) is 27.8. The van der Waals surface area contributed by atoms with Crippen molar-refractivity contribution >= 4 is 0 Å². The number of aryl methyl sites for hydroxylation is 1. The van der Waals surface area contributed by atoms with Crippen molar-refractivity contribution in [3.8, 4) is 0 Å². The summed E-state index contributed by atoms with van der Waals surface area (Å²) in [7, 11) is 0. The van der Waals surface area contributed by atoms with Gasteiger partial charge in [-0.25, -0.2) is 9.97 Å². The molecular formula is C10H15N3. The van der Waals surface area contributed by atoms with Gasteiger partial charge in [-0.1, -0.05) is 0 Å². The summed E-state index contributed by atoms with van der Waals surface area (Å²) in [5.41, 5.74) is 1.19. The molecule has 1 N–H and O–H groups in total. The smallest absolute Gasteiger partial charge is 0.125 e. The largest absolute Gasteiger partial charge is 0.314 e. The van der Waals surface area contributed by atoms with Crippen molar-refractivity contribution in [2.45, 2.75) is 32.2 Å². The fraction of sp³-hybridized carbons (Fsp3) is 0.600. The summed E-state index contributed by atoms with van der Waals surface area (Å²) in [5, 5.41) is 3.43. The summed E-state index contributed by atoms with van der Waals surface area (Å²) in [6.07, 6.45) is 3.04. The third kappa shape index (κ3) is 1.70. The van der Waals surface area contributed by atoms with Crippen molar-refractivity contribution in [3.63, 3.8) is 0 Å². The Labute approximate surface area is 78.6 Å². The number of hydrogen-bond donors (Lipinski definition) is 1. The van der Waals surface area contributed by atoms with Crippen LogP contribution in [0.5, 0.6) is 0 Å². The van der Waals surface area contributed by atoms with Gasteiger partial charge in [0, 0.05) is 23.9 Å². The molecule has 2 rings (SSSR count). The molecule has 2 heterocycles. The molecule has 0 spiro atoms. The number of rotatable bonds is 1. The van der Waals surface area contributed by atoms with Gasteiger partial charge in [0.15, 0.2) is 0 Å². The van der Waals surface area contributed by atoms with Gasteiger partial charge in [-0.05, 0) is 32.9 Å². The van der Waals surface area contributed by atoms with E-state index in [1.165, 1.54) is 12.1 Å². The molecular weight excluding hydrogens is 162 g/mol. The molecule has 70 valence electrons. The molecule has 1 aromatic rings. The average Bonchev–Trinajstić information content (AvgIpc) is 2.51. The van der Waals surface area contributed by atoms with E-state index in [0.717, 1.165) is 12.4 Å². The van der Waals surface area contributed by atoms with E-state index in [0.29, 0.717) is 12.0 Å². The summed E-state index contributed by atoms with van der Waals surface area (Å²) in [6, 6.07) is 2.58. The second kappa shape index (κ2) is 3.42. The topological polar surface area (TPSA) is 37.8 Å². The molecule has 0 amide bonds. The lowest BCUT2D eigenvalue weighted by atomic mass is 9.98. The third-order valence-electron chi connectivity index (χ3n) is 2.70. The van der Waals surface area contributed by atoms with E-state index in [2.05, 4.69) is 22.2 Å². The predicted molar refractivity (Wildman–Crippen MR) is 51.6 cm³/mol. The van der Waals surface area contributed by atoms with Gasteiger partial charge < -0.3 is 5.32 Å². The van der Waals surface area contributed by atoms with Crippen molar-refractivity contribution < 1.29 is 0 Å². The quantitative estimate of drug-likeness (QED) is 0.701. The van der Waals surface area contributed by atoms with Gasteiger partial charge in [-0.2, -0.15) is 0 Å². The highest BCUT2D eigenvalue weighted by molar-refractivity contribution is 5.12. The van der Waals surface area contributed by atoms with E-state index in [1.54, 1.807) is 0 Å². The van der Waals surface area contributed by atoms with E-state index in [9.17, 15) is 0 Å². The zero-order valence-corrected chi connectivity index (χ0v) is 8.12. The molecule has 0 bridgehead atoms. The third-order valence-corrected chi connectivity index (χ3v) is 2.70. The lowest BCUT2D eigenvalue weighted by molar-refractivity contribution is 0.579. The monoisotopic (exact) mass is 177 g/mol. The molecule has 1 saturated heterocycles. The Morgan fingerprint density at radius 2 is 2.38 bits per heavy atom. The Morgan fingerprint density at radius 1 is 1.54 bits per heavy atom. The molecule has 0 saturated carbocycles. The standard InChI is InChI=1S/C10H15N3/c1-7-9(3-5-11-7)10-4-6-12-8(2)13-10/h4,6-7,9,11H,3,5H2,1-2H3. The molecule has 13 heavy (non-hydrogen) atoms. The summed E-state index contributed by atoms with van der Waals surface area (Å²) >= 11 is 0. The lowest BCUT2D eigenvalue weighted by Gasteiger charge is -2.13.